The van der Waals surface area contributed by atoms with Gasteiger partial charge in [0.15, 0.2) is 5.75 Å². The van der Waals surface area contributed by atoms with Gasteiger partial charge in [-0.1, -0.05) is 0 Å². The molecule has 1 fully saturated rings. The summed E-state index contributed by atoms with van der Waals surface area (Å²) in [5, 5.41) is 10.9. The fourth-order valence-corrected chi connectivity index (χ4v) is 2.67. The van der Waals surface area contributed by atoms with Crippen molar-refractivity contribution in [2.45, 2.75) is 18.6 Å². The van der Waals surface area contributed by atoms with Gasteiger partial charge in [0.2, 0.25) is 0 Å². The van der Waals surface area contributed by atoms with Gasteiger partial charge in [0.1, 0.15) is 5.54 Å². The highest BCUT2D eigenvalue weighted by molar-refractivity contribution is 5.50. The highest BCUT2D eigenvalue weighted by Gasteiger charge is 2.56. The van der Waals surface area contributed by atoms with E-state index < -0.39 is 16.6 Å². The first-order valence-corrected chi connectivity index (χ1v) is 6.94. The number of hydrogen-bond acceptors (Lipinski definition) is 5. The monoisotopic (exact) mass is 334 g/mol. The van der Waals surface area contributed by atoms with Crippen molar-refractivity contribution in [2.75, 3.05) is 33.4 Å². The van der Waals surface area contributed by atoms with E-state index in [1.807, 2.05) is 0 Å². The van der Waals surface area contributed by atoms with Crippen LogP contribution in [0.3, 0.4) is 0 Å². The summed E-state index contributed by atoms with van der Waals surface area (Å²) in [5.74, 6) is -0.198. The van der Waals surface area contributed by atoms with Gasteiger partial charge in [0.05, 0.1) is 25.2 Å². The van der Waals surface area contributed by atoms with Crippen LogP contribution in [0.4, 0.5) is 18.9 Å². The number of alkyl halides is 3. The third kappa shape index (κ3) is 3.11. The Morgan fingerprint density at radius 3 is 2.39 bits per heavy atom. The summed E-state index contributed by atoms with van der Waals surface area (Å²) in [6.45, 7) is 1.72. The summed E-state index contributed by atoms with van der Waals surface area (Å²) in [5.41, 5.74) is -2.75. The van der Waals surface area contributed by atoms with Crippen LogP contribution in [0.5, 0.6) is 5.75 Å². The normalized spacial score (nSPS) is 19.2. The number of methoxy groups -OCH3 is 1. The van der Waals surface area contributed by atoms with Crippen molar-refractivity contribution in [3.05, 3.63) is 33.9 Å². The van der Waals surface area contributed by atoms with Gasteiger partial charge in [-0.15, -0.1) is 0 Å². The van der Waals surface area contributed by atoms with Gasteiger partial charge in [-0.3, -0.25) is 15.0 Å². The lowest BCUT2D eigenvalue weighted by atomic mass is 9.88. The van der Waals surface area contributed by atoms with Crippen LogP contribution in [0.15, 0.2) is 18.2 Å². The Balaban J connectivity index is 2.54. The Morgan fingerprint density at radius 1 is 1.30 bits per heavy atom. The van der Waals surface area contributed by atoms with E-state index in [0.717, 1.165) is 25.1 Å². The molecule has 0 radical (unpaired) electrons. The number of benzene rings is 1. The number of nitrogens with zero attached hydrogens (tertiary/aromatic N) is 2. The van der Waals surface area contributed by atoms with Crippen molar-refractivity contribution in [1.82, 2.24) is 4.90 Å². The van der Waals surface area contributed by atoms with Gasteiger partial charge in [-0.05, 0) is 24.6 Å². The summed E-state index contributed by atoms with van der Waals surface area (Å²) >= 11 is 0. The van der Waals surface area contributed by atoms with E-state index in [2.05, 4.69) is 0 Å². The second-order valence-electron chi connectivity index (χ2n) is 5.31. The van der Waals surface area contributed by atoms with Crippen LogP contribution in [-0.4, -0.2) is 49.4 Å². The van der Waals surface area contributed by atoms with E-state index in [9.17, 15) is 23.3 Å². The van der Waals surface area contributed by atoms with Crippen LogP contribution >= 0.6 is 0 Å². The first-order valence-electron chi connectivity index (χ1n) is 6.94. The molecule has 1 unspecified atom stereocenters. The summed E-state index contributed by atoms with van der Waals surface area (Å²) in [4.78, 5) is 11.5. The lowest BCUT2D eigenvalue weighted by Gasteiger charge is -2.44. The number of ether oxygens (including phenoxy) is 2. The molecule has 9 heteroatoms. The molecule has 2 rings (SSSR count). The molecule has 0 aromatic heterocycles. The molecular weight excluding hydrogens is 317 g/mol. The quantitative estimate of drug-likeness (QED) is 0.626. The fourth-order valence-electron chi connectivity index (χ4n) is 2.67. The van der Waals surface area contributed by atoms with Crippen LogP contribution in [0.1, 0.15) is 12.5 Å². The number of nitro groups is 1. The first-order chi connectivity index (χ1) is 10.7. The SMILES string of the molecule is COc1cc(C(C)(N2CCOCC2)C(F)(F)F)ccc1[N+](=O)[O-]. The second-order valence-corrected chi connectivity index (χ2v) is 5.31. The lowest BCUT2D eigenvalue weighted by Crippen LogP contribution is -2.57. The maximum Gasteiger partial charge on any atom is 0.410 e. The molecular formula is C14H17F3N2O4. The number of morpholine rings is 1. The van der Waals surface area contributed by atoms with Crippen LogP contribution in [0.2, 0.25) is 0 Å². The fraction of sp³-hybridized carbons (Fsp3) is 0.571. The predicted molar refractivity (Wildman–Crippen MR) is 75.4 cm³/mol. The minimum Gasteiger partial charge on any atom is -0.490 e. The first kappa shape index (κ1) is 17.5. The molecule has 0 amide bonds. The molecule has 0 spiro atoms. The average molecular weight is 334 g/mol. The van der Waals surface area contributed by atoms with Crippen molar-refractivity contribution in [2.24, 2.45) is 0 Å². The Kier molecular flexibility index (Phi) is 4.81. The predicted octanol–water partition coefficient (Wildman–Crippen LogP) is 2.71. The molecule has 1 aliphatic rings. The molecule has 1 saturated heterocycles. The van der Waals surface area contributed by atoms with Crippen molar-refractivity contribution >= 4 is 5.69 Å². The Bertz CT molecular complexity index is 588. The topological polar surface area (TPSA) is 64.8 Å². The molecule has 23 heavy (non-hydrogen) atoms. The third-order valence-corrected chi connectivity index (χ3v) is 4.13. The highest BCUT2D eigenvalue weighted by atomic mass is 19.4. The van der Waals surface area contributed by atoms with Crippen LogP contribution in [0.25, 0.3) is 0 Å². The van der Waals surface area contributed by atoms with Crippen LogP contribution in [0, 0.1) is 10.1 Å². The molecule has 6 nitrogen and oxygen atoms in total. The van der Waals surface area contributed by atoms with Gasteiger partial charge in [-0.2, -0.15) is 13.2 Å². The van der Waals surface area contributed by atoms with Crippen molar-refractivity contribution in [3.8, 4) is 5.75 Å². The second kappa shape index (κ2) is 6.32. The molecule has 1 atom stereocenters. The van der Waals surface area contributed by atoms with E-state index in [1.54, 1.807) is 0 Å². The number of rotatable bonds is 4. The molecule has 0 bridgehead atoms. The maximum absolute atomic E-state index is 13.8. The molecule has 0 N–H and O–H groups in total. The summed E-state index contributed by atoms with van der Waals surface area (Å²) in [7, 11) is 1.19. The Morgan fingerprint density at radius 2 is 1.91 bits per heavy atom. The largest absolute Gasteiger partial charge is 0.490 e. The zero-order valence-corrected chi connectivity index (χ0v) is 12.7. The van der Waals surface area contributed by atoms with Crippen LogP contribution in [-0.2, 0) is 10.3 Å². The molecule has 128 valence electrons. The molecule has 1 heterocycles. The zero-order chi connectivity index (χ0) is 17.3. The molecule has 1 aromatic rings. The molecule has 0 saturated carbocycles. The smallest absolute Gasteiger partial charge is 0.410 e. The van der Waals surface area contributed by atoms with Crippen molar-refractivity contribution in [1.29, 1.82) is 0 Å². The van der Waals surface area contributed by atoms with Crippen molar-refractivity contribution < 1.29 is 27.6 Å². The molecule has 1 aromatic carbocycles. The number of halogens is 3. The van der Waals surface area contributed by atoms with Gasteiger partial charge >= 0.3 is 11.9 Å². The van der Waals surface area contributed by atoms with Gasteiger partial charge in [0, 0.05) is 19.2 Å². The van der Waals surface area contributed by atoms with E-state index >= 15 is 0 Å². The van der Waals surface area contributed by atoms with Gasteiger partial charge < -0.3 is 9.47 Å². The zero-order valence-electron chi connectivity index (χ0n) is 12.7. The minimum atomic E-state index is -4.56. The number of hydrogen-bond donors (Lipinski definition) is 0. The molecule has 1 aliphatic heterocycles. The maximum atomic E-state index is 13.8. The van der Waals surface area contributed by atoms with Crippen molar-refractivity contribution in [3.63, 3.8) is 0 Å². The number of nitro benzene ring substituents is 1. The lowest BCUT2D eigenvalue weighted by molar-refractivity contribution is -0.385. The summed E-state index contributed by atoms with van der Waals surface area (Å²) in [6, 6.07) is 3.25. The van der Waals surface area contributed by atoms with E-state index in [0.29, 0.717) is 0 Å². The Labute approximate surface area is 130 Å². The third-order valence-electron chi connectivity index (χ3n) is 4.13. The Hall–Kier alpha value is -1.87. The van der Waals surface area contributed by atoms with E-state index in [4.69, 9.17) is 9.47 Å². The average Bonchev–Trinajstić information content (AvgIpc) is 2.53. The molecule has 0 aliphatic carbocycles. The van der Waals surface area contributed by atoms with Crippen LogP contribution < -0.4 is 4.74 Å². The standard InChI is InChI=1S/C14H17F3N2O4/c1-13(14(15,16)17,18-5-7-23-8-6-18)10-3-4-11(19(20)21)12(9-10)22-2/h3-4,9H,5-8H2,1-2H3. The summed E-state index contributed by atoms with van der Waals surface area (Å²) < 4.78 is 51.4. The van der Waals surface area contributed by atoms with E-state index in [1.165, 1.54) is 12.0 Å². The van der Waals surface area contributed by atoms with Gasteiger partial charge in [-0.25, -0.2) is 0 Å². The highest BCUT2D eigenvalue weighted by Crippen LogP contribution is 2.45. The van der Waals surface area contributed by atoms with Gasteiger partial charge in [0.25, 0.3) is 0 Å². The summed E-state index contributed by atoms with van der Waals surface area (Å²) in [6.07, 6.45) is -4.56. The minimum absolute atomic E-state index is 0.102. The van der Waals surface area contributed by atoms with E-state index in [-0.39, 0.29) is 43.3 Å².